The van der Waals surface area contributed by atoms with Gasteiger partial charge in [0.1, 0.15) is 0 Å². The Morgan fingerprint density at radius 1 is 1.12 bits per heavy atom. The van der Waals surface area contributed by atoms with Gasteiger partial charge < -0.3 is 48.5 Å². The van der Waals surface area contributed by atoms with Crippen LogP contribution >= 0.6 is 5.69 Å². The first-order valence-electron chi connectivity index (χ1n) is 4.85. The minimum absolute atomic E-state index is 0. The Balaban J connectivity index is -0.0000000369. The summed E-state index contributed by atoms with van der Waals surface area (Å²) in [6, 6.07) is 0. The average Bonchev–Trinajstić information content (AvgIpc) is 2.18. The van der Waals surface area contributed by atoms with Crippen LogP contribution in [0.1, 0.15) is 46.5 Å². The van der Waals surface area contributed by atoms with E-state index < -0.39 is 5.69 Å². The summed E-state index contributed by atoms with van der Waals surface area (Å²) < 4.78 is 0. The molecule has 0 aliphatic carbocycles. The number of unbranched alkanes of at least 4 members (excludes halogenated alkanes) is 3. The molecule has 0 heterocycles. The zero-order valence-corrected chi connectivity index (χ0v) is 15.0. The molecule has 0 aliphatic heterocycles. The van der Waals surface area contributed by atoms with Crippen molar-refractivity contribution < 1.29 is 30.9 Å². The van der Waals surface area contributed by atoms with Gasteiger partial charge in [0.05, 0.1) is 0 Å². The molecule has 0 aliphatic rings. The topological polar surface area (TPSA) is 46.1 Å². The minimum Gasteiger partial charge on any atom is -0.850 e. The van der Waals surface area contributed by atoms with Crippen LogP contribution in [0.25, 0.3) is 0 Å². The zero-order chi connectivity index (χ0) is 13.3. The van der Waals surface area contributed by atoms with Gasteiger partial charge in [-0.3, -0.25) is 0 Å². The van der Waals surface area contributed by atoms with Gasteiger partial charge in [-0.1, -0.05) is 26.2 Å². The summed E-state index contributed by atoms with van der Waals surface area (Å²) in [5.41, 5.74) is -3.72. The van der Waals surface area contributed by atoms with Gasteiger partial charge in [0.15, 0.2) is 0 Å². The van der Waals surface area contributed by atoms with Crippen molar-refractivity contribution in [3.05, 3.63) is 20.8 Å². The number of hydrogen-bond donors (Lipinski definition) is 0. The molecule has 0 fully saturated rings. The first kappa shape index (κ1) is 30.6. The quantitative estimate of drug-likeness (QED) is 0.253. The van der Waals surface area contributed by atoms with E-state index in [4.69, 9.17) is 0 Å². The van der Waals surface area contributed by atoms with Crippen molar-refractivity contribution in [2.24, 2.45) is 0 Å². The Kier molecular flexibility index (Phi) is 57.3. The van der Waals surface area contributed by atoms with Crippen molar-refractivity contribution in [2.75, 3.05) is 0 Å². The zero-order valence-electron chi connectivity index (χ0n) is 10.4. The molecule has 0 saturated heterocycles. The van der Waals surface area contributed by atoms with Crippen LogP contribution in [0.5, 0.6) is 0 Å². The van der Waals surface area contributed by atoms with Gasteiger partial charge in [-0.25, -0.2) is 0 Å². The van der Waals surface area contributed by atoms with Crippen molar-refractivity contribution in [3.8, 4) is 0 Å². The van der Waals surface area contributed by atoms with E-state index >= 15 is 0 Å². The van der Waals surface area contributed by atoms with Crippen molar-refractivity contribution in [3.63, 3.8) is 0 Å². The summed E-state index contributed by atoms with van der Waals surface area (Å²) in [6.07, 6.45) is 5.07. The SMILES string of the molecule is [CH2-]C.[CH2-]C.[CH2-]CCCCC.[Mo+3].[O-]P([O-])(=S)[S-]. The Labute approximate surface area is 127 Å². The molecule has 2 nitrogen and oxygen atoms in total. The summed E-state index contributed by atoms with van der Waals surface area (Å²) >= 11 is 7.28. The van der Waals surface area contributed by atoms with Crippen LogP contribution in [0.2, 0.25) is 0 Å². The first-order chi connectivity index (χ1) is 6.91. The predicted octanol–water partition coefficient (Wildman–Crippen LogP) is 2.56. The number of rotatable bonds is 3. The molecule has 0 bridgehead atoms. The van der Waals surface area contributed by atoms with Crippen LogP contribution in [0, 0.1) is 20.8 Å². The molecule has 0 unspecified atom stereocenters. The van der Waals surface area contributed by atoms with E-state index in [1.165, 1.54) is 19.3 Å². The van der Waals surface area contributed by atoms with E-state index in [0.717, 1.165) is 6.42 Å². The standard InChI is InChI=1S/C6H13.2C2H5.Mo.H3O2PS2/c1-3-5-6-4-2;2*1-2;;1-3(2,4)5/h1,3-6H2,2H3;2*1H2,2H3;;(H3,1,2,4,5)/q3*-1;+3;/p-3. The maximum absolute atomic E-state index is 9.29. The molecular weight excluding hydrogens is 343 g/mol. The second-order valence-corrected chi connectivity index (χ2v) is 6.48. The number of hydrogen-bond acceptors (Lipinski definition) is 4. The summed E-state index contributed by atoms with van der Waals surface area (Å²) in [6.45, 7) is 15.9. The Morgan fingerprint density at radius 3 is 1.44 bits per heavy atom. The smallest absolute Gasteiger partial charge is 0.850 e. The van der Waals surface area contributed by atoms with E-state index in [9.17, 15) is 9.79 Å². The molecular formula is C10H23MoO2PS2-3. The van der Waals surface area contributed by atoms with Gasteiger partial charge in [-0.15, -0.1) is 0 Å². The molecule has 0 saturated carbocycles. The molecule has 101 valence electrons. The Hall–Kier alpha value is 1.61. The second kappa shape index (κ2) is 30.0. The van der Waals surface area contributed by atoms with Crippen LogP contribution in [-0.2, 0) is 45.1 Å². The normalized spacial score (nSPS) is 7.81. The minimum atomic E-state index is -3.72. The molecule has 16 heavy (non-hydrogen) atoms. The monoisotopic (exact) mass is 368 g/mol. The summed E-state index contributed by atoms with van der Waals surface area (Å²) in [5.74, 6) is 0. The fraction of sp³-hybridized carbons (Fsp3) is 0.700. The second-order valence-electron chi connectivity index (χ2n) is 2.01. The molecule has 0 aromatic heterocycles. The molecule has 6 heteroatoms. The summed E-state index contributed by atoms with van der Waals surface area (Å²) in [5, 5.41) is 0. The molecule has 0 amide bonds. The van der Waals surface area contributed by atoms with E-state index in [-0.39, 0.29) is 21.1 Å². The predicted molar refractivity (Wildman–Crippen MR) is 73.2 cm³/mol. The van der Waals surface area contributed by atoms with Gasteiger partial charge in [0.25, 0.3) is 0 Å². The van der Waals surface area contributed by atoms with Gasteiger partial charge in [-0.05, 0) is 0 Å². The van der Waals surface area contributed by atoms with Crippen molar-refractivity contribution in [2.45, 2.75) is 46.5 Å². The molecule has 1 radical (unpaired) electrons. The van der Waals surface area contributed by atoms with E-state index in [1.54, 1.807) is 13.8 Å². The maximum Gasteiger partial charge on any atom is 3.00 e. The van der Waals surface area contributed by atoms with Gasteiger partial charge in [0, 0.05) is 0 Å². The molecule has 0 aromatic carbocycles. The average molecular weight is 366 g/mol. The van der Waals surface area contributed by atoms with Crippen LogP contribution in [0.4, 0.5) is 0 Å². The van der Waals surface area contributed by atoms with Crippen LogP contribution in [0.15, 0.2) is 0 Å². The van der Waals surface area contributed by atoms with Crippen molar-refractivity contribution in [1.29, 1.82) is 0 Å². The van der Waals surface area contributed by atoms with E-state index in [1.807, 2.05) is 0 Å². The van der Waals surface area contributed by atoms with Crippen LogP contribution in [-0.4, -0.2) is 0 Å². The van der Waals surface area contributed by atoms with Crippen LogP contribution < -0.4 is 9.79 Å². The van der Waals surface area contributed by atoms with E-state index in [0.29, 0.717) is 0 Å². The Morgan fingerprint density at radius 2 is 1.38 bits per heavy atom. The van der Waals surface area contributed by atoms with E-state index in [2.05, 4.69) is 51.8 Å². The summed E-state index contributed by atoms with van der Waals surface area (Å²) in [4.78, 5) is 18.6. The summed E-state index contributed by atoms with van der Waals surface area (Å²) in [7, 11) is 0. The van der Waals surface area contributed by atoms with Crippen molar-refractivity contribution >= 4 is 29.7 Å². The fourth-order valence-corrected chi connectivity index (χ4v) is 0.427. The van der Waals surface area contributed by atoms with Gasteiger partial charge >= 0.3 is 21.1 Å². The molecule has 0 rings (SSSR count). The largest absolute Gasteiger partial charge is 3.00 e. The van der Waals surface area contributed by atoms with Crippen molar-refractivity contribution in [1.82, 2.24) is 0 Å². The van der Waals surface area contributed by atoms with Gasteiger partial charge in [-0.2, -0.15) is 32.1 Å². The molecule has 0 aromatic rings. The maximum atomic E-state index is 9.29. The molecule has 0 atom stereocenters. The molecule has 0 N–H and O–H groups in total. The molecule has 0 spiro atoms. The third-order valence-electron chi connectivity index (χ3n) is 0.854. The first-order valence-corrected chi connectivity index (χ1v) is 8.50. The third kappa shape index (κ3) is 157. The fourth-order valence-electron chi connectivity index (χ4n) is 0.427. The van der Waals surface area contributed by atoms with Crippen LogP contribution in [0.3, 0.4) is 0 Å². The Bertz CT molecular complexity index is 109. The van der Waals surface area contributed by atoms with Gasteiger partial charge in [0.2, 0.25) is 0 Å². The third-order valence-corrected chi connectivity index (χ3v) is 0.854.